The molecule has 2 N–H and O–H groups in total. The van der Waals surface area contributed by atoms with E-state index in [-0.39, 0.29) is 37.3 Å². The first-order chi connectivity index (χ1) is 16.0. The van der Waals surface area contributed by atoms with Crippen molar-refractivity contribution in [2.45, 2.75) is 37.3 Å². The molecular weight excluding hydrogens is 440 g/mol. The van der Waals surface area contributed by atoms with Crippen molar-refractivity contribution in [3.63, 3.8) is 0 Å². The lowest BCUT2D eigenvalue weighted by Crippen LogP contribution is -2.50. The number of benzene rings is 2. The smallest absolute Gasteiger partial charge is 0.407 e. The summed E-state index contributed by atoms with van der Waals surface area (Å²) in [7, 11) is 1.71. The zero-order valence-electron chi connectivity index (χ0n) is 18.5. The molecule has 174 valence electrons. The van der Waals surface area contributed by atoms with Crippen molar-refractivity contribution in [1.29, 1.82) is 0 Å². The minimum atomic E-state index is -1.01. The molecule has 4 rings (SSSR count). The Morgan fingerprint density at radius 3 is 2.33 bits per heavy atom. The van der Waals surface area contributed by atoms with Crippen molar-refractivity contribution >= 4 is 29.7 Å². The Morgan fingerprint density at radius 1 is 1.12 bits per heavy atom. The molecular formula is C25H28N2O5S. The molecule has 33 heavy (non-hydrogen) atoms. The van der Waals surface area contributed by atoms with E-state index in [0.717, 1.165) is 40.2 Å². The van der Waals surface area contributed by atoms with Gasteiger partial charge < -0.3 is 20.1 Å². The van der Waals surface area contributed by atoms with Crippen LogP contribution in [-0.2, 0) is 14.3 Å². The zero-order valence-corrected chi connectivity index (χ0v) is 19.3. The molecule has 1 heterocycles. The molecule has 2 unspecified atom stereocenters. The predicted octanol–water partition coefficient (Wildman–Crippen LogP) is 3.72. The molecule has 0 spiro atoms. The topological polar surface area (TPSA) is 95.9 Å². The highest BCUT2D eigenvalue weighted by atomic mass is 32.2. The molecule has 2 atom stereocenters. The van der Waals surface area contributed by atoms with Crippen LogP contribution in [0.2, 0.25) is 0 Å². The molecule has 0 saturated carbocycles. The van der Waals surface area contributed by atoms with E-state index in [1.807, 2.05) is 36.4 Å². The van der Waals surface area contributed by atoms with Crippen molar-refractivity contribution in [3.05, 3.63) is 59.7 Å². The maximum atomic E-state index is 13.0. The van der Waals surface area contributed by atoms with Crippen LogP contribution in [0.15, 0.2) is 48.5 Å². The average molecular weight is 469 g/mol. The number of amides is 2. The van der Waals surface area contributed by atoms with E-state index in [2.05, 4.69) is 17.4 Å². The Hall–Kier alpha value is -3.00. The number of likely N-dealkylation sites (N-methyl/N-ethyl adjacent to an activating group) is 1. The van der Waals surface area contributed by atoms with Crippen LogP contribution in [0, 0.1) is 0 Å². The number of fused-ring (bicyclic) bond motifs is 3. The molecule has 2 aromatic carbocycles. The molecule has 1 aliphatic heterocycles. The molecule has 1 aliphatic carbocycles. The van der Waals surface area contributed by atoms with Crippen LogP contribution >= 0.6 is 11.8 Å². The molecule has 2 amide bonds. The number of alkyl carbamates (subject to hydrolysis) is 1. The van der Waals surface area contributed by atoms with Gasteiger partial charge in [0.15, 0.2) is 0 Å². The number of thioether (sulfide) groups is 1. The number of carboxylic acid groups (broad SMARTS) is 1. The highest BCUT2D eigenvalue weighted by Gasteiger charge is 2.32. The van der Waals surface area contributed by atoms with Gasteiger partial charge in [-0.05, 0) is 40.8 Å². The third kappa shape index (κ3) is 5.16. The summed E-state index contributed by atoms with van der Waals surface area (Å²) in [6.45, 7) is 0.134. The number of carbonyl (C=O) groups is 3. The zero-order chi connectivity index (χ0) is 23.4. The maximum absolute atomic E-state index is 13.0. The summed E-state index contributed by atoms with van der Waals surface area (Å²) in [5.41, 5.74) is 4.47. The van der Waals surface area contributed by atoms with Crippen LogP contribution < -0.4 is 5.32 Å². The van der Waals surface area contributed by atoms with Crippen LogP contribution in [0.1, 0.15) is 36.3 Å². The largest absolute Gasteiger partial charge is 0.481 e. The number of hydrogen-bond acceptors (Lipinski definition) is 5. The second-order valence-electron chi connectivity index (χ2n) is 8.42. The molecule has 0 bridgehead atoms. The van der Waals surface area contributed by atoms with E-state index in [0.29, 0.717) is 0 Å². The quantitative estimate of drug-likeness (QED) is 0.613. The van der Waals surface area contributed by atoms with Crippen molar-refractivity contribution < 1.29 is 24.2 Å². The van der Waals surface area contributed by atoms with E-state index < -0.39 is 18.1 Å². The maximum Gasteiger partial charge on any atom is 0.407 e. The highest BCUT2D eigenvalue weighted by Crippen LogP contribution is 2.44. The summed E-state index contributed by atoms with van der Waals surface area (Å²) >= 11 is 1.78. The number of carboxylic acids is 1. The summed E-state index contributed by atoms with van der Waals surface area (Å²) < 4.78 is 5.56. The Bertz CT molecular complexity index is 991. The van der Waals surface area contributed by atoms with E-state index in [4.69, 9.17) is 9.84 Å². The minimum absolute atomic E-state index is 0.0164. The first-order valence-corrected chi connectivity index (χ1v) is 12.3. The molecule has 0 radical (unpaired) electrons. The Kier molecular flexibility index (Phi) is 7.23. The summed E-state index contributed by atoms with van der Waals surface area (Å²) in [5, 5.41) is 11.7. The van der Waals surface area contributed by atoms with Gasteiger partial charge in [0.1, 0.15) is 12.6 Å². The van der Waals surface area contributed by atoms with E-state index in [9.17, 15) is 14.4 Å². The van der Waals surface area contributed by atoms with Crippen LogP contribution in [0.4, 0.5) is 4.79 Å². The third-order valence-electron chi connectivity index (χ3n) is 6.38. The third-order valence-corrected chi connectivity index (χ3v) is 7.53. The van der Waals surface area contributed by atoms with E-state index >= 15 is 0 Å². The number of nitrogens with one attached hydrogen (secondary N) is 1. The minimum Gasteiger partial charge on any atom is -0.481 e. The normalized spacial score (nSPS) is 17.7. The summed E-state index contributed by atoms with van der Waals surface area (Å²) in [5.74, 6) is 0.453. The Morgan fingerprint density at radius 2 is 1.76 bits per heavy atom. The van der Waals surface area contributed by atoms with Gasteiger partial charge in [0.25, 0.3) is 0 Å². The molecule has 1 fully saturated rings. The van der Waals surface area contributed by atoms with Crippen molar-refractivity contribution in [3.8, 4) is 11.1 Å². The van der Waals surface area contributed by atoms with Crippen LogP contribution in [0.25, 0.3) is 11.1 Å². The Balaban J connectivity index is 1.42. The number of rotatable bonds is 8. The molecule has 2 aromatic rings. The average Bonchev–Trinajstić information content (AvgIpc) is 3.46. The van der Waals surface area contributed by atoms with Crippen molar-refractivity contribution in [2.24, 2.45) is 0 Å². The first kappa shape index (κ1) is 23.2. The molecule has 0 aromatic heterocycles. The fraction of sp³-hybridized carbons (Fsp3) is 0.400. The van der Waals surface area contributed by atoms with Gasteiger partial charge in [-0.3, -0.25) is 9.59 Å². The Labute approximate surface area is 197 Å². The number of ether oxygens (including phenoxy) is 1. The summed E-state index contributed by atoms with van der Waals surface area (Å²) in [6, 6.07) is 15.3. The van der Waals surface area contributed by atoms with Crippen molar-refractivity contribution in [2.75, 3.05) is 25.2 Å². The first-order valence-electron chi connectivity index (χ1n) is 11.1. The lowest BCUT2D eigenvalue weighted by atomic mass is 9.98. The number of hydrogen-bond donors (Lipinski definition) is 2. The van der Waals surface area contributed by atoms with E-state index in [1.54, 1.807) is 23.7 Å². The van der Waals surface area contributed by atoms with Crippen LogP contribution in [-0.4, -0.2) is 65.2 Å². The summed E-state index contributed by atoms with van der Waals surface area (Å²) in [4.78, 5) is 38.4. The van der Waals surface area contributed by atoms with Gasteiger partial charge >= 0.3 is 12.1 Å². The fourth-order valence-corrected chi connectivity index (χ4v) is 5.83. The van der Waals surface area contributed by atoms with Gasteiger partial charge in [0.2, 0.25) is 5.91 Å². The number of aliphatic carboxylic acids is 1. The lowest BCUT2D eigenvalue weighted by molar-refractivity contribution is -0.138. The van der Waals surface area contributed by atoms with Gasteiger partial charge in [-0.1, -0.05) is 48.5 Å². The van der Waals surface area contributed by atoms with Gasteiger partial charge in [-0.15, -0.1) is 0 Å². The van der Waals surface area contributed by atoms with Gasteiger partial charge in [-0.2, -0.15) is 11.8 Å². The van der Waals surface area contributed by atoms with Gasteiger partial charge in [0.05, 0.1) is 0 Å². The monoisotopic (exact) mass is 468 g/mol. The number of carbonyl (C=O) groups excluding carboxylic acids is 2. The molecule has 1 saturated heterocycles. The second-order valence-corrected chi connectivity index (χ2v) is 9.57. The SMILES string of the molecule is CN(C(=O)C(CCC(=O)O)NC(=O)OCC1c2ccccc2-c2ccccc21)C1CCSC1. The fourth-order valence-electron chi connectivity index (χ4n) is 4.56. The molecule has 2 aliphatic rings. The predicted molar refractivity (Wildman–Crippen MR) is 127 cm³/mol. The van der Waals surface area contributed by atoms with Crippen LogP contribution in [0.5, 0.6) is 0 Å². The van der Waals surface area contributed by atoms with Crippen LogP contribution in [0.3, 0.4) is 0 Å². The number of nitrogens with zero attached hydrogens (tertiary/aromatic N) is 1. The molecule has 8 heteroatoms. The van der Waals surface area contributed by atoms with Gasteiger partial charge in [-0.25, -0.2) is 4.79 Å². The summed E-state index contributed by atoms with van der Waals surface area (Å²) in [6.07, 6.45) is -0.0193. The van der Waals surface area contributed by atoms with E-state index in [1.165, 1.54) is 0 Å². The molecule has 7 nitrogen and oxygen atoms in total. The highest BCUT2D eigenvalue weighted by molar-refractivity contribution is 7.99. The van der Waals surface area contributed by atoms with Gasteiger partial charge in [0, 0.05) is 31.2 Å². The lowest BCUT2D eigenvalue weighted by Gasteiger charge is -2.28. The van der Waals surface area contributed by atoms with Crippen molar-refractivity contribution in [1.82, 2.24) is 10.2 Å². The second kappa shape index (κ2) is 10.3. The standard InChI is InChI=1S/C25H28N2O5S/c1-27(16-12-13-33-15-16)24(30)22(10-11-23(28)29)26-25(31)32-14-21-19-8-4-2-6-17(19)18-7-3-5-9-20(18)21/h2-9,16,21-22H,10-15H2,1H3,(H,26,31)(H,28,29).